The molecule has 6 heteroatoms. The Morgan fingerprint density at radius 1 is 0.906 bits per heavy atom. The molecule has 32 heavy (non-hydrogen) atoms. The third kappa shape index (κ3) is 3.42. The van der Waals surface area contributed by atoms with Crippen molar-refractivity contribution in [3.8, 4) is 17.2 Å². The molecule has 0 aromatic heterocycles. The van der Waals surface area contributed by atoms with Gasteiger partial charge in [-0.3, -0.25) is 9.79 Å². The van der Waals surface area contributed by atoms with Gasteiger partial charge in [-0.15, -0.1) is 0 Å². The lowest BCUT2D eigenvalue weighted by Crippen LogP contribution is -2.30. The molecule has 2 atom stereocenters. The fourth-order valence-corrected chi connectivity index (χ4v) is 5.45. The number of aliphatic imine (C=N–C) groups is 1. The summed E-state index contributed by atoms with van der Waals surface area (Å²) in [5.74, 6) is 2.72. The number of benzene rings is 2. The number of hydrogen-bond acceptors (Lipinski definition) is 5. The second-order valence-corrected chi connectivity index (χ2v) is 8.77. The predicted molar refractivity (Wildman–Crippen MR) is 125 cm³/mol. The Labute approximate surface area is 189 Å². The van der Waals surface area contributed by atoms with Gasteiger partial charge in [0.05, 0.1) is 38.8 Å². The molecule has 1 aliphatic carbocycles. The van der Waals surface area contributed by atoms with Gasteiger partial charge in [-0.25, -0.2) is 0 Å². The van der Waals surface area contributed by atoms with E-state index >= 15 is 0 Å². The van der Waals surface area contributed by atoms with E-state index in [-0.39, 0.29) is 11.9 Å². The van der Waals surface area contributed by atoms with Crippen LogP contribution in [0.2, 0.25) is 0 Å². The molecule has 2 heterocycles. The molecule has 3 aliphatic rings. The number of nitrogens with zero attached hydrogens (tertiary/aromatic N) is 2. The van der Waals surface area contributed by atoms with Crippen LogP contribution in [0.3, 0.4) is 0 Å². The van der Waals surface area contributed by atoms with E-state index in [9.17, 15) is 4.79 Å². The molecule has 2 aromatic rings. The molecule has 5 rings (SSSR count). The number of ether oxygens (including phenoxy) is 3. The van der Waals surface area contributed by atoms with Gasteiger partial charge < -0.3 is 19.1 Å². The van der Waals surface area contributed by atoms with Gasteiger partial charge in [0, 0.05) is 30.0 Å². The van der Waals surface area contributed by atoms with Crippen LogP contribution < -0.4 is 19.1 Å². The van der Waals surface area contributed by atoms with Gasteiger partial charge in [-0.05, 0) is 55.2 Å². The third-order valence-electron chi connectivity index (χ3n) is 7.05. The van der Waals surface area contributed by atoms with Crippen LogP contribution in [0.25, 0.3) is 0 Å². The molecule has 1 saturated carbocycles. The number of rotatable bonds is 5. The standard InChI is InChI=1S/C26H30N2O4/c1-30-22-11-10-16(13-21(22)28-12-6-9-25(28)29)26-19-15-24(32-3)23(31-2)14-18(19)17-7-4-5-8-20(17)27-26/h10-11,13-15,17,20H,4-9,12H2,1-3H3/t17-,20-/m0/s1. The molecule has 2 aromatic carbocycles. The van der Waals surface area contributed by atoms with E-state index in [0.717, 1.165) is 54.1 Å². The smallest absolute Gasteiger partial charge is 0.227 e. The lowest BCUT2D eigenvalue weighted by molar-refractivity contribution is -0.117. The molecule has 0 bridgehead atoms. The SMILES string of the molecule is COc1cc2c(cc1OC)[C@@H]1CCCC[C@@H]1N=C2c1ccc(OC)c(N2CCCC2=O)c1. The van der Waals surface area contributed by atoms with Crippen LogP contribution >= 0.6 is 0 Å². The van der Waals surface area contributed by atoms with Crippen LogP contribution in [0.1, 0.15) is 61.1 Å². The average Bonchev–Trinajstić information content (AvgIpc) is 3.27. The van der Waals surface area contributed by atoms with Crippen molar-refractivity contribution in [1.29, 1.82) is 0 Å². The molecule has 0 unspecified atom stereocenters. The minimum atomic E-state index is 0.144. The van der Waals surface area contributed by atoms with Gasteiger partial charge in [0.25, 0.3) is 0 Å². The number of anilines is 1. The number of carbonyl (C=O) groups is 1. The fourth-order valence-electron chi connectivity index (χ4n) is 5.45. The van der Waals surface area contributed by atoms with Crippen LogP contribution in [0, 0.1) is 0 Å². The number of fused-ring (bicyclic) bond motifs is 3. The van der Waals surface area contributed by atoms with E-state index in [4.69, 9.17) is 19.2 Å². The van der Waals surface area contributed by atoms with Crippen LogP contribution in [0.4, 0.5) is 5.69 Å². The van der Waals surface area contributed by atoms with Crippen LogP contribution in [0.15, 0.2) is 35.3 Å². The summed E-state index contributed by atoms with van der Waals surface area (Å²) in [6.07, 6.45) is 6.12. The Morgan fingerprint density at radius 3 is 2.38 bits per heavy atom. The van der Waals surface area contributed by atoms with E-state index in [2.05, 4.69) is 18.2 Å². The Hall–Kier alpha value is -3.02. The Kier molecular flexibility index (Phi) is 5.53. The lowest BCUT2D eigenvalue weighted by atomic mass is 9.75. The summed E-state index contributed by atoms with van der Waals surface area (Å²) in [6.45, 7) is 0.720. The van der Waals surface area contributed by atoms with Crippen molar-refractivity contribution in [3.05, 3.63) is 47.0 Å². The van der Waals surface area contributed by atoms with Gasteiger partial charge in [-0.2, -0.15) is 0 Å². The summed E-state index contributed by atoms with van der Waals surface area (Å²) in [5.41, 5.74) is 5.15. The van der Waals surface area contributed by atoms with Crippen molar-refractivity contribution in [3.63, 3.8) is 0 Å². The highest BCUT2D eigenvalue weighted by Gasteiger charge is 2.35. The lowest BCUT2D eigenvalue weighted by Gasteiger charge is -2.36. The zero-order chi connectivity index (χ0) is 22.2. The van der Waals surface area contributed by atoms with Crippen molar-refractivity contribution in [2.75, 3.05) is 32.8 Å². The molecular formula is C26H30N2O4. The van der Waals surface area contributed by atoms with Crippen molar-refractivity contribution in [1.82, 2.24) is 0 Å². The maximum absolute atomic E-state index is 12.5. The van der Waals surface area contributed by atoms with E-state index < -0.39 is 0 Å². The zero-order valence-corrected chi connectivity index (χ0v) is 19.0. The summed E-state index contributed by atoms with van der Waals surface area (Å²) >= 11 is 0. The van der Waals surface area contributed by atoms with Gasteiger partial charge in [-0.1, -0.05) is 12.8 Å². The van der Waals surface area contributed by atoms with Gasteiger partial charge in [0.2, 0.25) is 5.91 Å². The average molecular weight is 435 g/mol. The quantitative estimate of drug-likeness (QED) is 0.683. The molecule has 1 amide bonds. The number of amides is 1. The maximum Gasteiger partial charge on any atom is 0.227 e. The highest BCUT2D eigenvalue weighted by Crippen LogP contribution is 2.45. The molecule has 1 saturated heterocycles. The molecular weight excluding hydrogens is 404 g/mol. The third-order valence-corrected chi connectivity index (χ3v) is 7.05. The summed E-state index contributed by atoms with van der Waals surface area (Å²) in [7, 11) is 5.00. The largest absolute Gasteiger partial charge is 0.495 e. The Bertz CT molecular complexity index is 1080. The van der Waals surface area contributed by atoms with E-state index in [0.29, 0.717) is 23.8 Å². The van der Waals surface area contributed by atoms with Crippen LogP contribution in [-0.4, -0.2) is 45.5 Å². The molecule has 168 valence electrons. The number of carbonyl (C=O) groups excluding carboxylic acids is 1. The molecule has 2 fully saturated rings. The summed E-state index contributed by atoms with van der Waals surface area (Å²) in [5, 5.41) is 0. The normalized spacial score (nSPS) is 22.2. The highest BCUT2D eigenvalue weighted by atomic mass is 16.5. The van der Waals surface area contributed by atoms with E-state index in [1.165, 1.54) is 18.4 Å². The highest BCUT2D eigenvalue weighted by molar-refractivity contribution is 6.16. The van der Waals surface area contributed by atoms with Crippen LogP contribution in [0.5, 0.6) is 17.2 Å². The van der Waals surface area contributed by atoms with Crippen LogP contribution in [-0.2, 0) is 4.79 Å². The fraction of sp³-hybridized carbons (Fsp3) is 0.462. The van der Waals surface area contributed by atoms with Crippen molar-refractivity contribution >= 4 is 17.3 Å². The summed E-state index contributed by atoms with van der Waals surface area (Å²) < 4.78 is 16.9. The molecule has 0 spiro atoms. The van der Waals surface area contributed by atoms with Gasteiger partial charge in [0.1, 0.15) is 5.75 Å². The van der Waals surface area contributed by atoms with Gasteiger partial charge in [0.15, 0.2) is 11.5 Å². The van der Waals surface area contributed by atoms with Gasteiger partial charge >= 0.3 is 0 Å². The van der Waals surface area contributed by atoms with Crippen molar-refractivity contribution in [2.24, 2.45) is 4.99 Å². The van der Waals surface area contributed by atoms with E-state index in [1.54, 1.807) is 21.3 Å². The molecule has 0 radical (unpaired) electrons. The Balaban J connectivity index is 1.66. The summed E-state index contributed by atoms with van der Waals surface area (Å²) in [6, 6.07) is 10.5. The second kappa shape index (κ2) is 8.49. The van der Waals surface area contributed by atoms with Crippen molar-refractivity contribution in [2.45, 2.75) is 50.5 Å². The number of methoxy groups -OCH3 is 3. The van der Waals surface area contributed by atoms with E-state index in [1.807, 2.05) is 17.0 Å². The minimum Gasteiger partial charge on any atom is -0.495 e. The second-order valence-electron chi connectivity index (χ2n) is 8.77. The molecule has 6 nitrogen and oxygen atoms in total. The molecule has 2 aliphatic heterocycles. The first kappa shape index (κ1) is 20.9. The maximum atomic E-state index is 12.5. The Morgan fingerprint density at radius 2 is 1.66 bits per heavy atom. The first-order valence-corrected chi connectivity index (χ1v) is 11.5. The minimum absolute atomic E-state index is 0.144. The molecule has 0 N–H and O–H groups in total. The number of hydrogen-bond donors (Lipinski definition) is 0. The monoisotopic (exact) mass is 434 g/mol. The predicted octanol–water partition coefficient (Wildman–Crippen LogP) is 4.72. The van der Waals surface area contributed by atoms with Crippen molar-refractivity contribution < 1.29 is 19.0 Å². The topological polar surface area (TPSA) is 60.4 Å². The first-order valence-electron chi connectivity index (χ1n) is 11.5. The first-order chi connectivity index (χ1) is 15.6. The zero-order valence-electron chi connectivity index (χ0n) is 19.0. The summed E-state index contributed by atoms with van der Waals surface area (Å²) in [4.78, 5) is 19.6.